The summed E-state index contributed by atoms with van der Waals surface area (Å²) in [5.41, 5.74) is 2.56. The molecule has 6 heteroatoms. The lowest BCUT2D eigenvalue weighted by Crippen LogP contribution is -2.32. The molecule has 6 nitrogen and oxygen atoms in total. The molecule has 0 heterocycles. The Balaban J connectivity index is 2.83. The molecular weight excluding hydrogens is 270 g/mol. The first-order valence-corrected chi connectivity index (χ1v) is 6.40. The van der Waals surface area contributed by atoms with E-state index >= 15 is 0 Å². The van der Waals surface area contributed by atoms with Crippen molar-refractivity contribution >= 4 is 17.7 Å². The van der Waals surface area contributed by atoms with Crippen LogP contribution in [0.4, 0.5) is 10.5 Å². The second-order valence-electron chi connectivity index (χ2n) is 4.26. The Hall–Kier alpha value is -2.81. The highest BCUT2D eigenvalue weighted by atomic mass is 16.5. The molecule has 0 aliphatic carbocycles. The number of hydrogen-bond donors (Lipinski definition) is 2. The molecule has 0 aromatic heterocycles. The number of nitrogens with one attached hydrogen (secondary N) is 2. The molecule has 0 fully saturated rings. The van der Waals surface area contributed by atoms with E-state index in [-0.39, 0.29) is 12.2 Å². The third kappa shape index (κ3) is 4.66. The van der Waals surface area contributed by atoms with Crippen LogP contribution in [0.25, 0.3) is 0 Å². The minimum Gasteiger partial charge on any atom is -0.450 e. The van der Waals surface area contributed by atoms with E-state index in [4.69, 9.17) is 5.26 Å². The van der Waals surface area contributed by atoms with Crippen molar-refractivity contribution in [1.29, 1.82) is 5.26 Å². The van der Waals surface area contributed by atoms with Crippen LogP contribution in [0.3, 0.4) is 0 Å². The fourth-order valence-electron chi connectivity index (χ4n) is 1.66. The monoisotopic (exact) mass is 287 g/mol. The van der Waals surface area contributed by atoms with Gasteiger partial charge in [-0.1, -0.05) is 18.2 Å². The number of imide groups is 1. The van der Waals surface area contributed by atoms with Gasteiger partial charge in [-0.25, -0.2) is 4.79 Å². The number of benzene rings is 1. The lowest BCUT2D eigenvalue weighted by molar-refractivity contribution is -0.116. The maximum Gasteiger partial charge on any atom is 0.414 e. The number of hydrogen-bond acceptors (Lipinski definition) is 5. The highest BCUT2D eigenvalue weighted by molar-refractivity contribution is 6.05. The van der Waals surface area contributed by atoms with Gasteiger partial charge in [-0.05, 0) is 31.9 Å². The first-order valence-electron chi connectivity index (χ1n) is 6.40. The normalized spacial score (nSPS) is 10.5. The van der Waals surface area contributed by atoms with Gasteiger partial charge in [-0.3, -0.25) is 10.1 Å². The van der Waals surface area contributed by atoms with Crippen LogP contribution in [0, 0.1) is 25.2 Å². The summed E-state index contributed by atoms with van der Waals surface area (Å²) >= 11 is 0. The molecule has 2 N–H and O–H groups in total. The largest absolute Gasteiger partial charge is 0.450 e. The summed E-state index contributed by atoms with van der Waals surface area (Å²) in [4.78, 5) is 22.9. The number of rotatable bonds is 4. The molecule has 0 atom stereocenters. The smallest absolute Gasteiger partial charge is 0.414 e. The van der Waals surface area contributed by atoms with E-state index in [2.05, 4.69) is 10.1 Å². The van der Waals surface area contributed by atoms with Gasteiger partial charge >= 0.3 is 6.09 Å². The second-order valence-corrected chi connectivity index (χ2v) is 4.26. The van der Waals surface area contributed by atoms with Crippen LogP contribution in [-0.4, -0.2) is 18.6 Å². The number of amides is 2. The molecule has 110 valence electrons. The Morgan fingerprint density at radius 1 is 1.33 bits per heavy atom. The van der Waals surface area contributed by atoms with Crippen LogP contribution in [0.5, 0.6) is 0 Å². The molecule has 1 rings (SSSR count). The van der Waals surface area contributed by atoms with Gasteiger partial charge in [0.1, 0.15) is 11.6 Å². The average Bonchev–Trinajstić information content (AvgIpc) is 2.42. The Kier molecular flexibility index (Phi) is 5.96. The number of carbonyl (C=O) groups is 2. The highest BCUT2D eigenvalue weighted by Gasteiger charge is 2.13. The Morgan fingerprint density at radius 3 is 2.48 bits per heavy atom. The highest BCUT2D eigenvalue weighted by Crippen LogP contribution is 2.19. The van der Waals surface area contributed by atoms with Gasteiger partial charge in [0.25, 0.3) is 5.91 Å². The Bertz CT molecular complexity index is 595. The quantitative estimate of drug-likeness (QED) is 0.655. The molecule has 0 saturated carbocycles. The molecule has 2 amide bonds. The van der Waals surface area contributed by atoms with Crippen molar-refractivity contribution in [2.24, 2.45) is 0 Å². The van der Waals surface area contributed by atoms with E-state index in [1.54, 1.807) is 13.0 Å². The first-order chi connectivity index (χ1) is 9.99. The number of nitriles is 1. The van der Waals surface area contributed by atoms with E-state index in [9.17, 15) is 9.59 Å². The van der Waals surface area contributed by atoms with E-state index in [1.807, 2.05) is 37.4 Å². The summed E-state index contributed by atoms with van der Waals surface area (Å²) in [6, 6.07) is 7.47. The summed E-state index contributed by atoms with van der Waals surface area (Å²) < 4.78 is 4.58. The van der Waals surface area contributed by atoms with Gasteiger partial charge in [-0.2, -0.15) is 5.26 Å². The van der Waals surface area contributed by atoms with Crippen LogP contribution < -0.4 is 10.6 Å². The maximum absolute atomic E-state index is 11.7. The minimum absolute atomic E-state index is 0.144. The Morgan fingerprint density at radius 2 is 1.95 bits per heavy atom. The van der Waals surface area contributed by atoms with Crippen LogP contribution in [0.1, 0.15) is 18.1 Å². The van der Waals surface area contributed by atoms with Crippen molar-refractivity contribution in [3.8, 4) is 6.07 Å². The van der Waals surface area contributed by atoms with Crippen LogP contribution >= 0.6 is 0 Å². The lowest BCUT2D eigenvalue weighted by Gasteiger charge is -2.09. The second kappa shape index (κ2) is 7.70. The van der Waals surface area contributed by atoms with Crippen molar-refractivity contribution in [3.63, 3.8) is 0 Å². The molecule has 0 saturated heterocycles. The maximum atomic E-state index is 11.7. The van der Waals surface area contributed by atoms with Crippen molar-refractivity contribution in [1.82, 2.24) is 5.32 Å². The van der Waals surface area contributed by atoms with Crippen LogP contribution in [0.2, 0.25) is 0 Å². The topological polar surface area (TPSA) is 91.2 Å². The minimum atomic E-state index is -0.879. The zero-order valence-corrected chi connectivity index (χ0v) is 12.2. The number of alkyl carbamates (subject to hydrolysis) is 1. The molecule has 0 radical (unpaired) electrons. The van der Waals surface area contributed by atoms with Crippen molar-refractivity contribution in [2.75, 3.05) is 11.9 Å². The van der Waals surface area contributed by atoms with E-state index < -0.39 is 12.0 Å². The predicted molar refractivity (Wildman–Crippen MR) is 78.4 cm³/mol. The van der Waals surface area contributed by atoms with Crippen molar-refractivity contribution < 1.29 is 14.3 Å². The summed E-state index contributed by atoms with van der Waals surface area (Å²) in [6.07, 6.45) is 0.389. The van der Waals surface area contributed by atoms with E-state index in [1.165, 1.54) is 6.20 Å². The fraction of sp³-hybridized carbons (Fsp3) is 0.267. The van der Waals surface area contributed by atoms with Crippen LogP contribution in [0.15, 0.2) is 30.0 Å². The standard InChI is InChI=1S/C15H17N3O3/c1-4-21-15(20)18-14(19)12(8-16)9-17-13-10(2)6-5-7-11(13)3/h5-7,9,17H,4H2,1-3H3,(H,18,19,20)/b12-9-. The number of carbonyl (C=O) groups excluding carboxylic acids is 2. The van der Waals surface area contributed by atoms with Gasteiger partial charge in [-0.15, -0.1) is 0 Å². The zero-order chi connectivity index (χ0) is 15.8. The number of ether oxygens (including phenoxy) is 1. The summed E-state index contributed by atoms with van der Waals surface area (Å²) in [5, 5.41) is 13.9. The third-order valence-electron chi connectivity index (χ3n) is 2.70. The van der Waals surface area contributed by atoms with Gasteiger partial charge in [0, 0.05) is 11.9 Å². The molecule has 21 heavy (non-hydrogen) atoms. The van der Waals surface area contributed by atoms with Gasteiger partial charge < -0.3 is 10.1 Å². The molecule has 0 aliphatic heterocycles. The van der Waals surface area contributed by atoms with Gasteiger partial charge in [0.2, 0.25) is 0 Å². The Labute approximate surface area is 123 Å². The average molecular weight is 287 g/mol. The van der Waals surface area contributed by atoms with Crippen molar-refractivity contribution in [2.45, 2.75) is 20.8 Å². The van der Waals surface area contributed by atoms with Gasteiger partial charge in [0.15, 0.2) is 0 Å². The number of anilines is 1. The third-order valence-corrected chi connectivity index (χ3v) is 2.70. The van der Waals surface area contributed by atoms with Crippen LogP contribution in [-0.2, 0) is 9.53 Å². The summed E-state index contributed by atoms with van der Waals surface area (Å²) in [7, 11) is 0. The molecule has 1 aromatic carbocycles. The number of nitrogens with zero attached hydrogens (tertiary/aromatic N) is 1. The predicted octanol–water partition coefficient (Wildman–Crippen LogP) is 2.40. The summed E-state index contributed by atoms with van der Waals surface area (Å²) in [5.74, 6) is -0.810. The van der Waals surface area contributed by atoms with Gasteiger partial charge in [0.05, 0.1) is 6.61 Å². The molecule has 0 bridgehead atoms. The summed E-state index contributed by atoms with van der Waals surface area (Å²) in [6.45, 7) is 5.58. The molecule has 0 unspecified atom stereocenters. The first kappa shape index (κ1) is 16.2. The fourth-order valence-corrected chi connectivity index (χ4v) is 1.66. The molecule has 0 spiro atoms. The molecule has 0 aliphatic rings. The SMILES string of the molecule is CCOC(=O)NC(=O)/C(C#N)=C\Nc1c(C)cccc1C. The van der Waals surface area contributed by atoms with E-state index in [0.717, 1.165) is 16.8 Å². The molecular formula is C15H17N3O3. The van der Waals surface area contributed by atoms with Crippen molar-refractivity contribution in [3.05, 3.63) is 41.1 Å². The lowest BCUT2D eigenvalue weighted by atomic mass is 10.1. The number of para-hydroxylation sites is 1. The van der Waals surface area contributed by atoms with E-state index in [0.29, 0.717) is 0 Å². The number of aryl methyl sites for hydroxylation is 2. The molecule has 1 aromatic rings. The zero-order valence-electron chi connectivity index (χ0n) is 12.2.